The molecule has 25 heavy (non-hydrogen) atoms. The molecule has 0 unspecified atom stereocenters. The van der Waals surface area contributed by atoms with E-state index in [4.69, 9.17) is 0 Å². The highest BCUT2D eigenvalue weighted by Crippen LogP contribution is 2.16. The summed E-state index contributed by atoms with van der Waals surface area (Å²) in [5.41, 5.74) is 4.15. The van der Waals surface area contributed by atoms with Gasteiger partial charge in [-0.3, -0.25) is 9.59 Å². The average Bonchev–Trinajstić information content (AvgIpc) is 3.06. The topological polar surface area (TPSA) is 70.2 Å². The summed E-state index contributed by atoms with van der Waals surface area (Å²) in [6, 6.07) is 12.0. The lowest BCUT2D eigenvalue weighted by Crippen LogP contribution is -2.37. The number of nitrogens with one attached hydrogen (secondary N) is 3. The maximum atomic E-state index is 13.1. The van der Waals surface area contributed by atoms with E-state index < -0.39 is 0 Å². The van der Waals surface area contributed by atoms with Crippen molar-refractivity contribution in [3.05, 3.63) is 70.5 Å². The number of fused-ring (bicyclic) bond motifs is 1. The first kappa shape index (κ1) is 17.1. The van der Waals surface area contributed by atoms with Crippen LogP contribution in [0.5, 0.6) is 0 Å². The fraction of sp³-hybridized carbons (Fsp3) is 0.263. The molecule has 0 saturated heterocycles. The normalized spacial score (nSPS) is 12.5. The van der Waals surface area contributed by atoms with Gasteiger partial charge in [0, 0.05) is 19.6 Å². The molecule has 0 bridgehead atoms. The number of benzene rings is 2. The Morgan fingerprint density at radius 1 is 0.960 bits per heavy atom. The molecule has 0 radical (unpaired) electrons. The number of hydrogen-bond acceptors (Lipinski definition) is 3. The molecule has 2 aromatic rings. The van der Waals surface area contributed by atoms with Crippen LogP contribution in [0.2, 0.25) is 0 Å². The second kappa shape index (κ2) is 7.90. The maximum absolute atomic E-state index is 13.1. The third-order valence-corrected chi connectivity index (χ3v) is 4.09. The van der Waals surface area contributed by atoms with Gasteiger partial charge < -0.3 is 16.0 Å². The van der Waals surface area contributed by atoms with Crippen LogP contribution >= 0.6 is 0 Å². The van der Waals surface area contributed by atoms with Crippen molar-refractivity contribution in [1.82, 2.24) is 16.0 Å². The monoisotopic (exact) mass is 341 g/mol. The second-order valence-corrected chi connectivity index (χ2v) is 6.07. The predicted molar refractivity (Wildman–Crippen MR) is 91.9 cm³/mol. The average molecular weight is 341 g/mol. The quantitative estimate of drug-likeness (QED) is 0.744. The molecule has 0 atom stereocenters. The summed E-state index contributed by atoms with van der Waals surface area (Å²) >= 11 is 0. The first-order valence-corrected chi connectivity index (χ1v) is 8.19. The van der Waals surface area contributed by atoms with Crippen molar-refractivity contribution in [1.29, 1.82) is 0 Å². The Morgan fingerprint density at radius 3 is 2.64 bits per heavy atom. The van der Waals surface area contributed by atoms with Crippen LogP contribution < -0.4 is 16.0 Å². The van der Waals surface area contributed by atoms with Crippen molar-refractivity contribution in [3.8, 4) is 0 Å². The van der Waals surface area contributed by atoms with Crippen LogP contribution in [-0.4, -0.2) is 18.4 Å². The third-order valence-electron chi connectivity index (χ3n) is 4.09. The number of rotatable bonds is 6. The van der Waals surface area contributed by atoms with E-state index in [0.29, 0.717) is 12.1 Å². The van der Waals surface area contributed by atoms with Gasteiger partial charge >= 0.3 is 0 Å². The molecule has 0 aromatic heterocycles. The van der Waals surface area contributed by atoms with Crippen LogP contribution in [0.4, 0.5) is 4.39 Å². The Kier molecular flexibility index (Phi) is 5.40. The lowest BCUT2D eigenvalue weighted by atomic mass is 10.1. The molecule has 2 aromatic carbocycles. The van der Waals surface area contributed by atoms with Crippen molar-refractivity contribution < 1.29 is 14.0 Å². The molecule has 1 heterocycles. The minimum atomic E-state index is -0.382. The Hall–Kier alpha value is -2.73. The van der Waals surface area contributed by atoms with E-state index in [1.165, 1.54) is 23.3 Å². The molecule has 3 N–H and O–H groups in total. The van der Waals surface area contributed by atoms with Crippen LogP contribution in [0.3, 0.4) is 0 Å². The highest BCUT2D eigenvalue weighted by atomic mass is 19.1. The summed E-state index contributed by atoms with van der Waals surface area (Å²) in [4.78, 5) is 23.7. The van der Waals surface area contributed by atoms with E-state index in [2.05, 4.69) is 28.1 Å². The molecule has 0 fully saturated rings. The van der Waals surface area contributed by atoms with Gasteiger partial charge in [0.1, 0.15) is 5.82 Å². The fourth-order valence-electron chi connectivity index (χ4n) is 2.79. The molecular formula is C19H20FN3O2. The van der Waals surface area contributed by atoms with Gasteiger partial charge in [0.25, 0.3) is 0 Å². The molecule has 0 spiro atoms. The van der Waals surface area contributed by atoms with Gasteiger partial charge in [-0.1, -0.05) is 30.3 Å². The van der Waals surface area contributed by atoms with Crippen molar-refractivity contribution >= 4 is 11.8 Å². The lowest BCUT2D eigenvalue weighted by molar-refractivity contribution is -0.125. The van der Waals surface area contributed by atoms with Crippen LogP contribution in [0.1, 0.15) is 22.3 Å². The Bertz CT molecular complexity index is 792. The van der Waals surface area contributed by atoms with Crippen LogP contribution in [0.15, 0.2) is 42.5 Å². The lowest BCUT2D eigenvalue weighted by Gasteiger charge is -2.08. The first-order valence-electron chi connectivity index (χ1n) is 8.19. The minimum absolute atomic E-state index is 0.0445. The van der Waals surface area contributed by atoms with E-state index in [0.717, 1.165) is 18.7 Å². The Labute approximate surface area is 145 Å². The van der Waals surface area contributed by atoms with Crippen molar-refractivity contribution in [2.45, 2.75) is 26.1 Å². The molecule has 1 aliphatic rings. The summed E-state index contributed by atoms with van der Waals surface area (Å²) in [7, 11) is 0. The Morgan fingerprint density at radius 2 is 1.80 bits per heavy atom. The number of carbonyl (C=O) groups excluding carboxylic acids is 2. The summed E-state index contributed by atoms with van der Waals surface area (Å²) in [6.07, 6.45) is 0.0445. The van der Waals surface area contributed by atoms with Crippen LogP contribution in [0, 0.1) is 5.82 Å². The smallest absolute Gasteiger partial charge is 0.239 e. The van der Waals surface area contributed by atoms with Gasteiger partial charge in [0.15, 0.2) is 0 Å². The van der Waals surface area contributed by atoms with Crippen LogP contribution in [-0.2, 0) is 35.6 Å². The zero-order valence-corrected chi connectivity index (χ0v) is 13.8. The third kappa shape index (κ3) is 4.87. The van der Waals surface area contributed by atoms with E-state index >= 15 is 0 Å². The van der Waals surface area contributed by atoms with E-state index in [1.807, 2.05) is 6.07 Å². The molecule has 130 valence electrons. The zero-order chi connectivity index (χ0) is 17.6. The second-order valence-electron chi connectivity index (χ2n) is 6.07. The standard InChI is InChI=1S/C19H20FN3O2/c20-17-3-1-2-13(7-17)8-18(24)23-12-19(25)22-9-14-4-5-15-10-21-11-16(15)6-14/h1-7,21H,8-12H2,(H,22,25)(H,23,24). The summed E-state index contributed by atoms with van der Waals surface area (Å²) in [5, 5.41) is 8.61. The highest BCUT2D eigenvalue weighted by molar-refractivity contribution is 5.85. The molecule has 5 nitrogen and oxygen atoms in total. The molecule has 0 aliphatic carbocycles. The zero-order valence-electron chi connectivity index (χ0n) is 13.8. The van der Waals surface area contributed by atoms with Crippen molar-refractivity contribution in [2.24, 2.45) is 0 Å². The van der Waals surface area contributed by atoms with Crippen LogP contribution in [0.25, 0.3) is 0 Å². The molecule has 1 aliphatic heterocycles. The molecule has 6 heteroatoms. The number of carbonyl (C=O) groups is 2. The van der Waals surface area contributed by atoms with E-state index in [-0.39, 0.29) is 30.6 Å². The van der Waals surface area contributed by atoms with Crippen molar-refractivity contribution in [3.63, 3.8) is 0 Å². The number of amides is 2. The summed E-state index contributed by atoms with van der Waals surface area (Å²) < 4.78 is 13.1. The summed E-state index contributed by atoms with van der Waals surface area (Å²) in [6.45, 7) is 2.07. The van der Waals surface area contributed by atoms with Gasteiger partial charge in [-0.2, -0.15) is 0 Å². The molecule has 0 saturated carbocycles. The highest BCUT2D eigenvalue weighted by Gasteiger charge is 2.11. The molecular weight excluding hydrogens is 321 g/mol. The van der Waals surface area contributed by atoms with Gasteiger partial charge in [0.2, 0.25) is 11.8 Å². The van der Waals surface area contributed by atoms with Gasteiger partial charge in [-0.05, 0) is 34.4 Å². The number of hydrogen-bond donors (Lipinski definition) is 3. The predicted octanol–water partition coefficient (Wildman–Crippen LogP) is 1.40. The van der Waals surface area contributed by atoms with E-state index in [1.54, 1.807) is 12.1 Å². The molecule has 3 rings (SSSR count). The minimum Gasteiger partial charge on any atom is -0.350 e. The SMILES string of the molecule is O=C(CNC(=O)Cc1cccc(F)c1)NCc1ccc2c(c1)CNC2. The number of halogens is 1. The van der Waals surface area contributed by atoms with Crippen molar-refractivity contribution in [2.75, 3.05) is 6.54 Å². The first-order chi connectivity index (χ1) is 12.1. The molecule has 2 amide bonds. The van der Waals surface area contributed by atoms with E-state index in [9.17, 15) is 14.0 Å². The Balaban J connectivity index is 1.41. The van der Waals surface area contributed by atoms with Gasteiger partial charge in [-0.15, -0.1) is 0 Å². The van der Waals surface area contributed by atoms with Gasteiger partial charge in [0.05, 0.1) is 13.0 Å². The largest absolute Gasteiger partial charge is 0.350 e. The maximum Gasteiger partial charge on any atom is 0.239 e. The summed E-state index contributed by atoms with van der Waals surface area (Å²) in [5.74, 6) is -0.955. The van der Waals surface area contributed by atoms with Gasteiger partial charge in [-0.25, -0.2) is 4.39 Å². The fourth-order valence-corrected chi connectivity index (χ4v) is 2.79.